The van der Waals surface area contributed by atoms with Crippen LogP contribution in [-0.2, 0) is 11.3 Å². The Labute approximate surface area is 183 Å². The molecule has 4 aromatic rings. The Kier molecular flexibility index (Phi) is 5.15. The standard InChI is InChI=1S/C23H23N5O2S/c1-15-20-22(31-21(15)16-7-3-2-4-8-16)24-14-27(23(20)30)13-19(29)26-18-11-12-25-28(18)17-9-5-6-10-17/h2-4,7-8,11-12,14,17H,5-6,9-10,13H2,1H3,(H,26,29). The molecule has 3 aromatic heterocycles. The zero-order chi connectivity index (χ0) is 21.4. The predicted octanol–water partition coefficient (Wildman–Crippen LogP) is 4.38. The number of anilines is 1. The Morgan fingerprint density at radius 2 is 1.97 bits per heavy atom. The van der Waals surface area contributed by atoms with Gasteiger partial charge in [0.15, 0.2) is 0 Å². The molecular weight excluding hydrogens is 410 g/mol. The van der Waals surface area contributed by atoms with Crippen molar-refractivity contribution in [2.45, 2.75) is 45.2 Å². The number of aromatic nitrogens is 4. The molecule has 0 saturated heterocycles. The fraction of sp³-hybridized carbons (Fsp3) is 0.304. The molecule has 1 saturated carbocycles. The lowest BCUT2D eigenvalue weighted by atomic mass is 10.1. The first kappa shape index (κ1) is 19.7. The van der Waals surface area contributed by atoms with E-state index in [9.17, 15) is 9.59 Å². The largest absolute Gasteiger partial charge is 0.309 e. The van der Waals surface area contributed by atoms with Gasteiger partial charge in [0.05, 0.1) is 24.0 Å². The van der Waals surface area contributed by atoms with Crippen molar-refractivity contribution < 1.29 is 4.79 Å². The highest BCUT2D eigenvalue weighted by molar-refractivity contribution is 7.22. The first-order valence-corrected chi connectivity index (χ1v) is 11.3. The average Bonchev–Trinajstić information content (AvgIpc) is 3.51. The maximum absolute atomic E-state index is 13.1. The van der Waals surface area contributed by atoms with E-state index in [1.54, 1.807) is 12.3 Å². The van der Waals surface area contributed by atoms with Crippen molar-refractivity contribution >= 4 is 33.3 Å². The molecule has 158 valence electrons. The van der Waals surface area contributed by atoms with Crippen LogP contribution >= 0.6 is 11.3 Å². The third kappa shape index (κ3) is 3.67. The molecule has 0 spiro atoms. The molecule has 0 bridgehead atoms. The number of hydrogen-bond donors (Lipinski definition) is 1. The lowest BCUT2D eigenvalue weighted by Crippen LogP contribution is -2.28. The van der Waals surface area contributed by atoms with E-state index in [2.05, 4.69) is 15.4 Å². The fourth-order valence-corrected chi connectivity index (χ4v) is 5.47. The molecular formula is C23H23N5O2S. The van der Waals surface area contributed by atoms with Crippen LogP contribution in [0.5, 0.6) is 0 Å². The van der Waals surface area contributed by atoms with Crippen LogP contribution in [0.15, 0.2) is 53.7 Å². The van der Waals surface area contributed by atoms with Crippen molar-refractivity contribution in [1.82, 2.24) is 19.3 Å². The van der Waals surface area contributed by atoms with Gasteiger partial charge in [-0.15, -0.1) is 11.3 Å². The van der Waals surface area contributed by atoms with E-state index in [-0.39, 0.29) is 18.0 Å². The van der Waals surface area contributed by atoms with Crippen molar-refractivity contribution in [3.63, 3.8) is 0 Å². The second kappa shape index (κ2) is 8.11. The van der Waals surface area contributed by atoms with Crippen molar-refractivity contribution in [1.29, 1.82) is 0 Å². The third-order valence-corrected chi connectivity index (χ3v) is 7.12. The monoisotopic (exact) mass is 433 g/mol. The van der Waals surface area contributed by atoms with Gasteiger partial charge < -0.3 is 5.32 Å². The molecule has 1 N–H and O–H groups in total. The van der Waals surface area contributed by atoms with Crippen molar-refractivity contribution in [3.05, 3.63) is 64.8 Å². The van der Waals surface area contributed by atoms with Gasteiger partial charge >= 0.3 is 0 Å². The molecule has 3 heterocycles. The number of thiophene rings is 1. The normalized spacial score (nSPS) is 14.4. The molecule has 1 amide bonds. The maximum atomic E-state index is 13.1. The molecule has 8 heteroatoms. The number of amides is 1. The summed E-state index contributed by atoms with van der Waals surface area (Å²) < 4.78 is 3.27. The molecule has 1 aliphatic carbocycles. The Morgan fingerprint density at radius 1 is 1.19 bits per heavy atom. The van der Waals surface area contributed by atoms with Crippen LogP contribution in [0.2, 0.25) is 0 Å². The molecule has 7 nitrogen and oxygen atoms in total. The zero-order valence-corrected chi connectivity index (χ0v) is 18.1. The van der Waals surface area contributed by atoms with Crippen LogP contribution in [0.1, 0.15) is 37.3 Å². The fourth-order valence-electron chi connectivity index (χ4n) is 4.33. The van der Waals surface area contributed by atoms with Gasteiger partial charge in [-0.2, -0.15) is 5.10 Å². The Morgan fingerprint density at radius 3 is 2.74 bits per heavy atom. The van der Waals surface area contributed by atoms with Gasteiger partial charge in [0.1, 0.15) is 17.2 Å². The second-order valence-corrected chi connectivity index (χ2v) is 8.93. The number of nitrogens with one attached hydrogen (secondary N) is 1. The summed E-state index contributed by atoms with van der Waals surface area (Å²) in [6, 6.07) is 12.1. The van der Waals surface area contributed by atoms with Crippen LogP contribution in [0, 0.1) is 6.92 Å². The molecule has 1 aliphatic rings. The van der Waals surface area contributed by atoms with Gasteiger partial charge in [0.2, 0.25) is 5.91 Å². The predicted molar refractivity (Wildman–Crippen MR) is 122 cm³/mol. The van der Waals surface area contributed by atoms with Crippen LogP contribution in [0.25, 0.3) is 20.7 Å². The van der Waals surface area contributed by atoms with E-state index in [4.69, 9.17) is 0 Å². The summed E-state index contributed by atoms with van der Waals surface area (Å²) in [5.74, 6) is 0.413. The van der Waals surface area contributed by atoms with Crippen molar-refractivity contribution in [3.8, 4) is 10.4 Å². The van der Waals surface area contributed by atoms with Crippen LogP contribution in [0.4, 0.5) is 5.82 Å². The maximum Gasteiger partial charge on any atom is 0.262 e. The average molecular weight is 434 g/mol. The zero-order valence-electron chi connectivity index (χ0n) is 17.2. The Balaban J connectivity index is 1.40. The molecule has 5 rings (SSSR count). The molecule has 31 heavy (non-hydrogen) atoms. The second-order valence-electron chi connectivity index (χ2n) is 7.93. The SMILES string of the molecule is Cc1c(-c2ccccc2)sc2ncn(CC(=O)Nc3ccnn3C3CCCC3)c(=O)c12. The lowest BCUT2D eigenvalue weighted by Gasteiger charge is -2.15. The summed E-state index contributed by atoms with van der Waals surface area (Å²) in [5, 5.41) is 7.87. The summed E-state index contributed by atoms with van der Waals surface area (Å²) in [6.45, 7) is 1.85. The minimum atomic E-state index is -0.265. The third-order valence-electron chi connectivity index (χ3n) is 5.88. The van der Waals surface area contributed by atoms with E-state index in [1.165, 1.54) is 35.1 Å². The van der Waals surface area contributed by atoms with E-state index < -0.39 is 0 Å². The number of fused-ring (bicyclic) bond motifs is 1. The quantitative estimate of drug-likeness (QED) is 0.506. The number of rotatable bonds is 5. The van der Waals surface area contributed by atoms with Gasteiger partial charge in [-0.05, 0) is 30.9 Å². The topological polar surface area (TPSA) is 81.8 Å². The van der Waals surface area contributed by atoms with Gasteiger partial charge in [0, 0.05) is 10.9 Å². The molecule has 0 atom stereocenters. The molecule has 0 radical (unpaired) electrons. The van der Waals surface area contributed by atoms with Crippen molar-refractivity contribution in [2.75, 3.05) is 5.32 Å². The number of nitrogens with zero attached hydrogens (tertiary/aromatic N) is 4. The minimum absolute atomic E-state index is 0.0897. The molecule has 1 aromatic carbocycles. The summed E-state index contributed by atoms with van der Waals surface area (Å²) >= 11 is 1.50. The van der Waals surface area contributed by atoms with Crippen molar-refractivity contribution in [2.24, 2.45) is 0 Å². The van der Waals surface area contributed by atoms with E-state index in [0.29, 0.717) is 22.1 Å². The number of benzene rings is 1. The van der Waals surface area contributed by atoms with Crippen LogP contribution < -0.4 is 10.9 Å². The lowest BCUT2D eigenvalue weighted by molar-refractivity contribution is -0.116. The first-order valence-electron chi connectivity index (χ1n) is 10.5. The van der Waals surface area contributed by atoms with Gasteiger partial charge in [-0.25, -0.2) is 9.67 Å². The van der Waals surface area contributed by atoms with E-state index >= 15 is 0 Å². The number of aryl methyl sites for hydroxylation is 1. The highest BCUT2D eigenvalue weighted by Gasteiger charge is 2.21. The van der Waals surface area contributed by atoms with E-state index in [0.717, 1.165) is 28.8 Å². The van der Waals surface area contributed by atoms with Gasteiger partial charge in [0.25, 0.3) is 5.56 Å². The first-order chi connectivity index (χ1) is 15.1. The number of carbonyl (C=O) groups excluding carboxylic acids is 1. The number of carbonyl (C=O) groups is 1. The van der Waals surface area contributed by atoms with Gasteiger partial charge in [-0.3, -0.25) is 14.2 Å². The highest BCUT2D eigenvalue weighted by Crippen LogP contribution is 2.35. The van der Waals surface area contributed by atoms with Gasteiger partial charge in [-0.1, -0.05) is 43.2 Å². The Hall–Kier alpha value is -3.26. The molecule has 0 unspecified atom stereocenters. The van der Waals surface area contributed by atoms with Crippen LogP contribution in [-0.4, -0.2) is 25.2 Å². The molecule has 1 fully saturated rings. The molecule has 0 aliphatic heterocycles. The summed E-state index contributed by atoms with van der Waals surface area (Å²) in [4.78, 5) is 32.0. The number of hydrogen-bond acceptors (Lipinski definition) is 5. The minimum Gasteiger partial charge on any atom is -0.309 e. The summed E-state index contributed by atoms with van der Waals surface area (Å²) in [5.41, 5.74) is 1.77. The smallest absolute Gasteiger partial charge is 0.262 e. The summed E-state index contributed by atoms with van der Waals surface area (Å²) in [7, 11) is 0. The Bertz CT molecular complexity index is 1300. The van der Waals surface area contributed by atoms with Crippen LogP contribution in [0.3, 0.4) is 0 Å². The van der Waals surface area contributed by atoms with E-state index in [1.807, 2.05) is 41.9 Å². The highest BCUT2D eigenvalue weighted by atomic mass is 32.1. The summed E-state index contributed by atoms with van der Waals surface area (Å²) in [6.07, 6.45) is 7.68.